The molecule has 27 heavy (non-hydrogen) atoms. The normalized spacial score (nSPS) is 12.2. The number of rotatable bonds is 5. The number of thiazole rings is 1. The van der Waals surface area contributed by atoms with E-state index in [0.717, 1.165) is 29.0 Å². The first-order valence-corrected chi connectivity index (χ1v) is 9.62. The van der Waals surface area contributed by atoms with Gasteiger partial charge in [-0.25, -0.2) is 4.98 Å². The third-order valence-corrected chi connectivity index (χ3v) is 5.63. The number of nitrogens with zero attached hydrogens (tertiary/aromatic N) is 3. The Morgan fingerprint density at radius 2 is 2.33 bits per heavy atom. The van der Waals surface area contributed by atoms with Crippen molar-refractivity contribution in [1.29, 1.82) is 0 Å². The monoisotopic (exact) mass is 400 g/mol. The first-order valence-electron chi connectivity index (χ1n) is 8.42. The minimum absolute atomic E-state index is 0.303. The first-order chi connectivity index (χ1) is 13.1. The van der Waals surface area contributed by atoms with Gasteiger partial charge in [0.2, 0.25) is 0 Å². The molecule has 138 valence electrons. The molecule has 2 aromatic heterocycles. The van der Waals surface area contributed by atoms with Crippen molar-refractivity contribution >= 4 is 34.0 Å². The molecule has 6 nitrogen and oxygen atoms in total. The molecular formula is C19H17ClN4O2S. The zero-order chi connectivity index (χ0) is 19.0. The number of anilines is 1. The number of aromatic nitrogens is 3. The Labute approximate surface area is 165 Å². The summed E-state index contributed by atoms with van der Waals surface area (Å²) in [7, 11) is 1.93. The van der Waals surface area contributed by atoms with E-state index in [-0.39, 0.29) is 5.91 Å². The van der Waals surface area contributed by atoms with Crippen molar-refractivity contribution < 1.29 is 9.53 Å². The topological polar surface area (TPSA) is 69.0 Å². The second kappa shape index (κ2) is 7.17. The summed E-state index contributed by atoms with van der Waals surface area (Å²) in [4.78, 5) is 18.6. The molecule has 0 atom stereocenters. The van der Waals surface area contributed by atoms with Gasteiger partial charge in [0, 0.05) is 28.2 Å². The Hall–Kier alpha value is -2.64. The predicted octanol–water partition coefficient (Wildman–Crippen LogP) is 4.11. The van der Waals surface area contributed by atoms with Gasteiger partial charge in [-0.15, -0.1) is 11.3 Å². The fourth-order valence-corrected chi connectivity index (χ4v) is 4.24. The standard InChI is InChI=1S/C19H17ClN4O2S/c1-3-8-26-15-6-4-11(20)9-12(15)18(25)23-19-22-17-13-10-21-24(2)14(13)5-7-16(17)27-19/h3-4,6,9-10H,1,5,7-8H2,2H3,(H,22,23,25). The molecule has 0 bridgehead atoms. The van der Waals surface area contributed by atoms with E-state index < -0.39 is 0 Å². The van der Waals surface area contributed by atoms with Crippen LogP contribution in [-0.2, 0) is 19.9 Å². The summed E-state index contributed by atoms with van der Waals surface area (Å²) < 4.78 is 7.45. The van der Waals surface area contributed by atoms with Crippen molar-refractivity contribution in [3.05, 3.63) is 58.2 Å². The lowest BCUT2D eigenvalue weighted by Crippen LogP contribution is -2.13. The van der Waals surface area contributed by atoms with Crippen LogP contribution in [0.4, 0.5) is 5.13 Å². The number of nitrogens with one attached hydrogen (secondary N) is 1. The lowest BCUT2D eigenvalue weighted by atomic mass is 10.0. The van der Waals surface area contributed by atoms with Crippen LogP contribution >= 0.6 is 22.9 Å². The molecule has 1 aromatic carbocycles. The van der Waals surface area contributed by atoms with Crippen molar-refractivity contribution in [2.24, 2.45) is 7.05 Å². The van der Waals surface area contributed by atoms with E-state index in [1.54, 1.807) is 24.3 Å². The fraction of sp³-hybridized carbons (Fsp3) is 0.211. The van der Waals surface area contributed by atoms with Crippen LogP contribution in [0.25, 0.3) is 11.3 Å². The molecular weight excluding hydrogens is 384 g/mol. The van der Waals surface area contributed by atoms with Crippen LogP contribution in [0.3, 0.4) is 0 Å². The number of fused-ring (bicyclic) bond motifs is 3. The van der Waals surface area contributed by atoms with Gasteiger partial charge in [-0.2, -0.15) is 5.10 Å². The highest BCUT2D eigenvalue weighted by atomic mass is 35.5. The highest BCUT2D eigenvalue weighted by Crippen LogP contribution is 2.38. The van der Waals surface area contributed by atoms with Gasteiger partial charge < -0.3 is 4.74 Å². The summed E-state index contributed by atoms with van der Waals surface area (Å²) >= 11 is 7.55. The number of ether oxygens (including phenoxy) is 1. The average molecular weight is 401 g/mol. The van der Waals surface area contributed by atoms with Gasteiger partial charge in [-0.3, -0.25) is 14.8 Å². The molecule has 8 heteroatoms. The van der Waals surface area contributed by atoms with E-state index in [1.807, 2.05) is 17.9 Å². The molecule has 0 saturated carbocycles. The number of hydrogen-bond acceptors (Lipinski definition) is 5. The Morgan fingerprint density at radius 3 is 3.15 bits per heavy atom. The van der Waals surface area contributed by atoms with Crippen LogP contribution in [0.15, 0.2) is 37.1 Å². The SMILES string of the molecule is C=CCOc1ccc(Cl)cc1C(=O)Nc1nc2c(s1)CCc1c-2cnn1C. The molecule has 1 aliphatic carbocycles. The highest BCUT2D eigenvalue weighted by molar-refractivity contribution is 7.16. The summed E-state index contributed by atoms with van der Waals surface area (Å²) in [6, 6.07) is 4.94. The number of benzene rings is 1. The second-order valence-electron chi connectivity index (χ2n) is 6.11. The largest absolute Gasteiger partial charge is 0.489 e. The van der Waals surface area contributed by atoms with Crippen LogP contribution in [0, 0.1) is 0 Å². The van der Waals surface area contributed by atoms with Gasteiger partial charge in [-0.1, -0.05) is 24.3 Å². The van der Waals surface area contributed by atoms with Crippen LogP contribution in [-0.4, -0.2) is 27.3 Å². The van der Waals surface area contributed by atoms with Crippen LogP contribution in [0.5, 0.6) is 5.75 Å². The number of aryl methyl sites for hydroxylation is 2. The molecule has 1 aliphatic rings. The van der Waals surface area contributed by atoms with Gasteiger partial charge in [0.05, 0.1) is 17.5 Å². The summed E-state index contributed by atoms with van der Waals surface area (Å²) in [5.74, 6) is 0.140. The molecule has 1 amide bonds. The Bertz CT molecular complexity index is 1040. The maximum Gasteiger partial charge on any atom is 0.261 e. The van der Waals surface area contributed by atoms with E-state index in [4.69, 9.17) is 16.3 Å². The molecule has 2 heterocycles. The Balaban J connectivity index is 1.61. The van der Waals surface area contributed by atoms with Gasteiger partial charge in [0.15, 0.2) is 5.13 Å². The van der Waals surface area contributed by atoms with Crippen molar-refractivity contribution in [3.63, 3.8) is 0 Å². The number of hydrogen-bond donors (Lipinski definition) is 1. The van der Waals surface area contributed by atoms with Gasteiger partial charge in [-0.05, 0) is 31.0 Å². The third kappa shape index (κ3) is 3.36. The van der Waals surface area contributed by atoms with Crippen molar-refractivity contribution in [1.82, 2.24) is 14.8 Å². The Kier molecular flexibility index (Phi) is 4.72. The molecule has 0 fully saturated rings. The van der Waals surface area contributed by atoms with Gasteiger partial charge in [0.25, 0.3) is 5.91 Å². The lowest BCUT2D eigenvalue weighted by Gasteiger charge is -2.10. The molecule has 0 unspecified atom stereocenters. The highest BCUT2D eigenvalue weighted by Gasteiger charge is 2.25. The zero-order valence-corrected chi connectivity index (χ0v) is 16.2. The minimum Gasteiger partial charge on any atom is -0.489 e. The molecule has 0 saturated heterocycles. The summed E-state index contributed by atoms with van der Waals surface area (Å²) in [5.41, 5.74) is 3.47. The zero-order valence-electron chi connectivity index (χ0n) is 14.7. The van der Waals surface area contributed by atoms with Crippen LogP contribution in [0.1, 0.15) is 20.9 Å². The predicted molar refractivity (Wildman–Crippen MR) is 107 cm³/mol. The molecule has 0 spiro atoms. The molecule has 0 radical (unpaired) electrons. The van der Waals surface area contributed by atoms with E-state index in [0.29, 0.717) is 28.1 Å². The molecule has 4 rings (SSSR count). The minimum atomic E-state index is -0.311. The summed E-state index contributed by atoms with van der Waals surface area (Å²) in [6.07, 6.45) is 5.26. The van der Waals surface area contributed by atoms with E-state index >= 15 is 0 Å². The molecule has 0 aliphatic heterocycles. The molecule has 3 aromatic rings. The molecule has 1 N–H and O–H groups in total. The van der Waals surface area contributed by atoms with Gasteiger partial charge >= 0.3 is 0 Å². The number of carbonyl (C=O) groups excluding carboxylic acids is 1. The van der Waals surface area contributed by atoms with E-state index in [9.17, 15) is 4.79 Å². The number of halogens is 1. The lowest BCUT2D eigenvalue weighted by molar-refractivity contribution is 0.102. The number of amides is 1. The van der Waals surface area contributed by atoms with Crippen molar-refractivity contribution in [2.75, 3.05) is 11.9 Å². The first kappa shape index (κ1) is 17.8. The van der Waals surface area contributed by atoms with Crippen molar-refractivity contribution in [2.45, 2.75) is 12.8 Å². The smallest absolute Gasteiger partial charge is 0.261 e. The summed E-state index contributed by atoms with van der Waals surface area (Å²) in [6.45, 7) is 3.93. The third-order valence-electron chi connectivity index (χ3n) is 4.37. The van der Waals surface area contributed by atoms with Crippen molar-refractivity contribution in [3.8, 4) is 17.0 Å². The van der Waals surface area contributed by atoms with E-state index in [1.165, 1.54) is 17.0 Å². The maximum atomic E-state index is 12.8. The second-order valence-corrected chi connectivity index (χ2v) is 7.63. The summed E-state index contributed by atoms with van der Waals surface area (Å²) in [5, 5.41) is 8.21. The number of carbonyl (C=O) groups is 1. The van der Waals surface area contributed by atoms with E-state index in [2.05, 4.69) is 22.0 Å². The van der Waals surface area contributed by atoms with Gasteiger partial charge in [0.1, 0.15) is 12.4 Å². The fourth-order valence-electron chi connectivity index (χ4n) is 3.09. The van der Waals surface area contributed by atoms with Crippen LogP contribution < -0.4 is 10.1 Å². The maximum absolute atomic E-state index is 12.8. The Morgan fingerprint density at radius 1 is 1.48 bits per heavy atom. The quantitative estimate of drug-likeness (QED) is 0.654. The average Bonchev–Trinajstić information content (AvgIpc) is 3.23. The van der Waals surface area contributed by atoms with Crippen LogP contribution in [0.2, 0.25) is 5.02 Å².